The van der Waals surface area contributed by atoms with Crippen molar-refractivity contribution in [3.63, 3.8) is 0 Å². The van der Waals surface area contributed by atoms with Crippen molar-refractivity contribution < 1.29 is 14.6 Å². The molecule has 3 aromatic rings. The summed E-state index contributed by atoms with van der Waals surface area (Å²) in [6, 6.07) is 16.4. The third-order valence-electron chi connectivity index (χ3n) is 3.24. The van der Waals surface area contributed by atoms with Crippen molar-refractivity contribution in [1.29, 1.82) is 0 Å². The lowest BCUT2D eigenvalue weighted by Gasteiger charge is -2.15. The van der Waals surface area contributed by atoms with Crippen LogP contribution in [0.15, 0.2) is 73.1 Å². The van der Waals surface area contributed by atoms with Crippen LogP contribution in [0.25, 0.3) is 0 Å². The van der Waals surface area contributed by atoms with Crippen LogP contribution in [0.1, 0.15) is 10.4 Å². The van der Waals surface area contributed by atoms with E-state index in [1.54, 1.807) is 67.0 Å². The van der Waals surface area contributed by atoms with Gasteiger partial charge in [0.1, 0.15) is 22.9 Å². The summed E-state index contributed by atoms with van der Waals surface area (Å²) in [5.74, 6) is 0.552. The molecule has 1 aromatic heterocycles. The molecular weight excluding hydrogens is 328 g/mol. The number of hydrogen-bond donors (Lipinski definition) is 1. The molecule has 0 spiro atoms. The van der Waals surface area contributed by atoms with E-state index < -0.39 is 5.91 Å². The highest BCUT2D eigenvalue weighted by atomic mass is 35.5. The second-order valence-corrected chi connectivity index (χ2v) is 5.23. The van der Waals surface area contributed by atoms with E-state index in [2.05, 4.69) is 4.98 Å². The number of anilines is 1. The fourth-order valence-electron chi connectivity index (χ4n) is 2.09. The van der Waals surface area contributed by atoms with E-state index in [1.165, 1.54) is 6.07 Å². The van der Waals surface area contributed by atoms with E-state index in [-0.39, 0.29) is 11.4 Å². The van der Waals surface area contributed by atoms with Gasteiger partial charge in [0, 0.05) is 29.7 Å². The summed E-state index contributed by atoms with van der Waals surface area (Å²) in [5.41, 5.74) is 0.546. The minimum absolute atomic E-state index is 0.0787. The maximum Gasteiger partial charge on any atom is 0.273 e. The van der Waals surface area contributed by atoms with Gasteiger partial charge in [-0.2, -0.15) is 0 Å². The van der Waals surface area contributed by atoms with Crippen LogP contribution >= 0.6 is 11.8 Å². The summed E-state index contributed by atoms with van der Waals surface area (Å²) in [4.78, 5) is 16.4. The first-order valence-electron chi connectivity index (χ1n) is 7.11. The van der Waals surface area contributed by atoms with Crippen LogP contribution in [-0.2, 0) is 0 Å². The Morgan fingerprint density at radius 1 is 1.00 bits per heavy atom. The highest BCUT2D eigenvalue weighted by Crippen LogP contribution is 2.30. The summed E-state index contributed by atoms with van der Waals surface area (Å²) >= 11 is 6.08. The van der Waals surface area contributed by atoms with Crippen LogP contribution in [0.3, 0.4) is 0 Å². The van der Waals surface area contributed by atoms with E-state index in [9.17, 15) is 9.90 Å². The van der Waals surface area contributed by atoms with Crippen LogP contribution in [0, 0.1) is 0 Å². The minimum Gasteiger partial charge on any atom is -0.506 e. The predicted octanol–water partition coefficient (Wildman–Crippen LogP) is 4.38. The summed E-state index contributed by atoms with van der Waals surface area (Å²) in [6.07, 6.45) is 3.23. The molecule has 0 bridgehead atoms. The zero-order valence-corrected chi connectivity index (χ0v) is 13.2. The lowest BCUT2D eigenvalue weighted by atomic mass is 10.2. The minimum atomic E-state index is -0.474. The summed E-state index contributed by atoms with van der Waals surface area (Å²) in [7, 11) is 0. The number of phenols is 1. The lowest BCUT2D eigenvalue weighted by Crippen LogP contribution is -2.20. The average Bonchev–Trinajstić information content (AvgIpc) is 2.62. The predicted molar refractivity (Wildman–Crippen MR) is 91.5 cm³/mol. The molecule has 6 heteroatoms. The number of carbonyl (C=O) groups is 1. The summed E-state index contributed by atoms with van der Waals surface area (Å²) in [6.45, 7) is 0. The van der Waals surface area contributed by atoms with Gasteiger partial charge >= 0.3 is 0 Å². The van der Waals surface area contributed by atoms with Gasteiger partial charge in [-0.25, -0.2) is 4.42 Å². The molecule has 0 unspecified atom stereocenters. The summed E-state index contributed by atoms with van der Waals surface area (Å²) < 4.78 is 6.55. The average molecular weight is 341 g/mol. The number of nitrogens with zero attached hydrogens (tertiary/aromatic N) is 2. The Bertz CT molecular complexity index is 856. The van der Waals surface area contributed by atoms with Crippen LogP contribution < -0.4 is 9.16 Å². The molecule has 5 nitrogen and oxygen atoms in total. The number of rotatable bonds is 4. The Morgan fingerprint density at radius 2 is 1.75 bits per heavy atom. The van der Waals surface area contributed by atoms with E-state index in [1.807, 2.05) is 0 Å². The number of pyridine rings is 1. The van der Waals surface area contributed by atoms with Gasteiger partial charge in [-0.05, 0) is 42.5 Å². The first-order chi connectivity index (χ1) is 11.6. The normalized spacial score (nSPS) is 10.2. The molecule has 1 N–H and O–H groups in total. The molecule has 0 aliphatic rings. The van der Waals surface area contributed by atoms with E-state index in [0.717, 1.165) is 4.42 Å². The Kier molecular flexibility index (Phi) is 4.63. The Labute approximate surface area is 143 Å². The second kappa shape index (κ2) is 7.02. The Hall–Kier alpha value is -3.05. The maximum atomic E-state index is 12.5. The number of carbonyl (C=O) groups excluding carboxylic acids is 1. The van der Waals surface area contributed by atoms with E-state index >= 15 is 0 Å². The zero-order chi connectivity index (χ0) is 16.9. The van der Waals surface area contributed by atoms with E-state index in [0.29, 0.717) is 17.1 Å². The van der Waals surface area contributed by atoms with Gasteiger partial charge in [0.15, 0.2) is 0 Å². The molecule has 0 saturated carbocycles. The number of hydrogen-bond acceptors (Lipinski definition) is 4. The van der Waals surface area contributed by atoms with Gasteiger partial charge in [0.2, 0.25) is 0 Å². The van der Waals surface area contributed by atoms with Crippen molar-refractivity contribution in [2.24, 2.45) is 0 Å². The summed E-state index contributed by atoms with van der Waals surface area (Å²) in [5, 5.41) is 9.82. The molecule has 1 amide bonds. The Balaban J connectivity index is 1.83. The van der Waals surface area contributed by atoms with Crippen LogP contribution in [0.2, 0.25) is 0 Å². The zero-order valence-electron chi connectivity index (χ0n) is 12.5. The SMILES string of the molecule is O=C(c1cccc(Oc2ccncc2)c1)N(Cl)c1ccccc1O. The number of halogens is 1. The van der Waals surface area contributed by atoms with Gasteiger partial charge < -0.3 is 9.84 Å². The smallest absolute Gasteiger partial charge is 0.273 e. The van der Waals surface area contributed by atoms with E-state index in [4.69, 9.17) is 16.5 Å². The molecule has 0 fully saturated rings. The standard InChI is InChI=1S/C18H13ClN2O3/c19-21(16-6-1-2-7-17(16)22)18(23)13-4-3-5-15(12-13)24-14-8-10-20-11-9-14/h1-12,22H. The monoisotopic (exact) mass is 340 g/mol. The van der Waals surface area contributed by atoms with Crippen LogP contribution in [-0.4, -0.2) is 16.0 Å². The molecule has 3 rings (SSSR count). The number of benzene rings is 2. The van der Waals surface area contributed by atoms with Crippen LogP contribution in [0.5, 0.6) is 17.2 Å². The molecular formula is C18H13ClN2O3. The highest BCUT2D eigenvalue weighted by molar-refractivity contribution is 6.39. The molecule has 0 saturated heterocycles. The molecule has 120 valence electrons. The molecule has 0 aliphatic carbocycles. The fourth-order valence-corrected chi connectivity index (χ4v) is 2.33. The Morgan fingerprint density at radius 3 is 2.50 bits per heavy atom. The van der Waals surface area contributed by atoms with Crippen molar-refractivity contribution >= 4 is 23.4 Å². The number of phenolic OH excluding ortho intramolecular Hbond substituents is 1. The largest absolute Gasteiger partial charge is 0.506 e. The molecule has 2 aromatic carbocycles. The van der Waals surface area contributed by atoms with Crippen molar-refractivity contribution in [2.75, 3.05) is 4.42 Å². The maximum absolute atomic E-state index is 12.5. The highest BCUT2D eigenvalue weighted by Gasteiger charge is 2.19. The molecule has 1 heterocycles. The van der Waals surface area contributed by atoms with Gasteiger partial charge in [-0.1, -0.05) is 18.2 Å². The third kappa shape index (κ3) is 3.47. The van der Waals surface area contributed by atoms with Crippen molar-refractivity contribution in [3.8, 4) is 17.2 Å². The van der Waals surface area contributed by atoms with Crippen molar-refractivity contribution in [1.82, 2.24) is 4.98 Å². The number of amides is 1. The lowest BCUT2D eigenvalue weighted by molar-refractivity contribution is 0.100. The first-order valence-corrected chi connectivity index (χ1v) is 7.45. The van der Waals surface area contributed by atoms with Crippen LogP contribution in [0.4, 0.5) is 5.69 Å². The number of para-hydroxylation sites is 2. The van der Waals surface area contributed by atoms with Gasteiger partial charge in [0.05, 0.1) is 0 Å². The van der Waals surface area contributed by atoms with Gasteiger partial charge in [-0.15, -0.1) is 0 Å². The first kappa shape index (κ1) is 15.8. The quantitative estimate of drug-likeness (QED) is 0.716. The molecule has 0 aliphatic heterocycles. The fraction of sp³-hybridized carbons (Fsp3) is 0. The topological polar surface area (TPSA) is 62.7 Å². The number of aromatic hydroxyl groups is 1. The number of ether oxygens (including phenoxy) is 1. The third-order valence-corrected chi connectivity index (χ3v) is 3.57. The van der Waals surface area contributed by atoms with Crippen molar-refractivity contribution in [2.45, 2.75) is 0 Å². The van der Waals surface area contributed by atoms with Gasteiger partial charge in [0.25, 0.3) is 5.91 Å². The van der Waals surface area contributed by atoms with Gasteiger partial charge in [-0.3, -0.25) is 9.78 Å². The van der Waals surface area contributed by atoms with Crippen molar-refractivity contribution in [3.05, 3.63) is 78.6 Å². The molecule has 0 atom stereocenters. The molecule has 24 heavy (non-hydrogen) atoms. The molecule has 0 radical (unpaired) electrons. The number of aromatic nitrogens is 1. The second-order valence-electron chi connectivity index (χ2n) is 4.89.